The van der Waals surface area contributed by atoms with Gasteiger partial charge in [-0.3, -0.25) is 0 Å². The molecule has 72 valence electrons. The van der Waals surface area contributed by atoms with E-state index in [0.717, 1.165) is 18.7 Å². The smallest absolute Gasteiger partial charge is 0.0314 e. The fourth-order valence-corrected chi connectivity index (χ4v) is 0.954. The van der Waals surface area contributed by atoms with Crippen LogP contribution in [-0.4, -0.2) is 13.6 Å². The molecule has 0 aliphatic heterocycles. The fraction of sp³-hybridized carbons (Fsp3) is 0.273. The predicted molar refractivity (Wildman–Crippen MR) is 59.7 cm³/mol. The maximum Gasteiger partial charge on any atom is 0.0314 e. The van der Waals surface area contributed by atoms with Crippen molar-refractivity contribution in [3.63, 3.8) is 0 Å². The van der Waals surface area contributed by atoms with Crippen molar-refractivity contribution in [3.8, 4) is 0 Å². The van der Waals surface area contributed by atoms with Crippen molar-refractivity contribution in [2.24, 2.45) is 0 Å². The molecule has 0 amide bonds. The van der Waals surface area contributed by atoms with Crippen molar-refractivity contribution in [1.82, 2.24) is 5.32 Å². The van der Waals surface area contributed by atoms with Gasteiger partial charge in [0.05, 0.1) is 0 Å². The molecule has 0 aliphatic carbocycles. The average molecular weight is 178 g/mol. The monoisotopic (exact) mass is 178 g/mol. The van der Waals surface area contributed by atoms with E-state index < -0.39 is 0 Å². The van der Waals surface area contributed by atoms with Gasteiger partial charge >= 0.3 is 0 Å². The van der Waals surface area contributed by atoms with E-state index >= 15 is 0 Å². The lowest BCUT2D eigenvalue weighted by atomic mass is 10.1. The van der Waals surface area contributed by atoms with Gasteiger partial charge in [-0.2, -0.15) is 0 Å². The van der Waals surface area contributed by atoms with Gasteiger partial charge in [0, 0.05) is 5.69 Å². The molecule has 0 unspecified atom stereocenters. The Morgan fingerprint density at radius 2 is 1.77 bits per heavy atom. The molecule has 0 radical (unpaired) electrons. The molecule has 2 heteroatoms. The van der Waals surface area contributed by atoms with Gasteiger partial charge in [-0.25, -0.2) is 0 Å². The third-order valence-electron chi connectivity index (χ3n) is 1.64. The van der Waals surface area contributed by atoms with Crippen LogP contribution in [0.25, 0.3) is 0 Å². The van der Waals surface area contributed by atoms with Gasteiger partial charge in [-0.1, -0.05) is 12.1 Å². The van der Waals surface area contributed by atoms with Gasteiger partial charge in [0.2, 0.25) is 0 Å². The molecular formula is C11H18N2. The minimum Gasteiger partial charge on any atom is -0.399 e. The summed E-state index contributed by atoms with van der Waals surface area (Å²) in [5.74, 6) is 0. The Morgan fingerprint density at radius 3 is 2.23 bits per heavy atom. The second-order valence-corrected chi connectivity index (χ2v) is 2.60. The third-order valence-corrected chi connectivity index (χ3v) is 1.64. The van der Waals surface area contributed by atoms with E-state index in [1.165, 1.54) is 5.56 Å². The van der Waals surface area contributed by atoms with Crippen molar-refractivity contribution in [3.05, 3.63) is 43.0 Å². The Labute approximate surface area is 80.5 Å². The second kappa shape index (κ2) is 7.37. The molecule has 13 heavy (non-hydrogen) atoms. The van der Waals surface area contributed by atoms with E-state index in [-0.39, 0.29) is 0 Å². The summed E-state index contributed by atoms with van der Waals surface area (Å²) in [6.45, 7) is 7.02. The predicted octanol–water partition coefficient (Wildman–Crippen LogP) is 1.83. The summed E-state index contributed by atoms with van der Waals surface area (Å²) in [7, 11) is 1.96. The maximum atomic E-state index is 5.54. The molecule has 0 aliphatic rings. The number of anilines is 1. The number of likely N-dealkylation sites (N-methyl/N-ethyl adjacent to an activating group) is 1. The lowest BCUT2D eigenvalue weighted by molar-refractivity contribution is 0.792. The molecule has 0 spiro atoms. The van der Waals surface area contributed by atoms with Gasteiger partial charge < -0.3 is 11.1 Å². The number of nitrogens with two attached hydrogens (primary N) is 1. The molecule has 1 aromatic rings. The van der Waals surface area contributed by atoms with E-state index in [1.807, 2.05) is 19.2 Å². The molecule has 0 atom stereocenters. The van der Waals surface area contributed by atoms with Crippen molar-refractivity contribution in [2.75, 3.05) is 19.3 Å². The van der Waals surface area contributed by atoms with Crippen LogP contribution >= 0.6 is 0 Å². The first kappa shape index (κ1) is 11.7. The van der Waals surface area contributed by atoms with E-state index in [0.29, 0.717) is 0 Å². The molecule has 0 saturated carbocycles. The van der Waals surface area contributed by atoms with Crippen LogP contribution in [0.1, 0.15) is 5.56 Å². The SMILES string of the molecule is C=C.CNCCc1ccc(N)cc1. The summed E-state index contributed by atoms with van der Waals surface area (Å²) in [6.07, 6.45) is 1.07. The molecule has 0 fully saturated rings. The van der Waals surface area contributed by atoms with Crippen LogP contribution in [0, 0.1) is 0 Å². The Morgan fingerprint density at radius 1 is 1.23 bits per heavy atom. The molecule has 1 rings (SSSR count). The normalized spacial score (nSPS) is 8.69. The van der Waals surface area contributed by atoms with Crippen molar-refractivity contribution in [1.29, 1.82) is 0 Å². The van der Waals surface area contributed by atoms with Crippen LogP contribution in [0.5, 0.6) is 0 Å². The lowest BCUT2D eigenvalue weighted by Crippen LogP contribution is -2.10. The largest absolute Gasteiger partial charge is 0.399 e. The van der Waals surface area contributed by atoms with E-state index in [9.17, 15) is 0 Å². The summed E-state index contributed by atoms with van der Waals surface area (Å²) in [6, 6.07) is 8.00. The maximum absolute atomic E-state index is 5.54. The van der Waals surface area contributed by atoms with Crippen molar-refractivity contribution >= 4 is 5.69 Å². The van der Waals surface area contributed by atoms with E-state index in [4.69, 9.17) is 5.73 Å². The topological polar surface area (TPSA) is 38.0 Å². The summed E-state index contributed by atoms with van der Waals surface area (Å²) in [5.41, 5.74) is 7.70. The quantitative estimate of drug-likeness (QED) is 0.547. The number of nitrogen functional groups attached to an aromatic ring is 1. The lowest BCUT2D eigenvalue weighted by Gasteiger charge is -2.00. The highest BCUT2D eigenvalue weighted by Gasteiger charge is 1.89. The zero-order valence-corrected chi connectivity index (χ0v) is 8.22. The number of hydrogen-bond acceptors (Lipinski definition) is 2. The first-order chi connectivity index (χ1) is 6.33. The minimum atomic E-state index is 0.832. The molecule has 0 aromatic heterocycles. The Kier molecular flexibility index (Phi) is 6.65. The third kappa shape index (κ3) is 5.04. The second-order valence-electron chi connectivity index (χ2n) is 2.60. The summed E-state index contributed by atoms with van der Waals surface area (Å²) < 4.78 is 0. The Bertz CT molecular complexity index is 216. The molecule has 0 saturated heterocycles. The van der Waals surface area contributed by atoms with Crippen LogP contribution in [0.2, 0.25) is 0 Å². The molecule has 3 N–H and O–H groups in total. The Hall–Kier alpha value is -1.28. The van der Waals surface area contributed by atoms with E-state index in [2.05, 4.69) is 30.6 Å². The van der Waals surface area contributed by atoms with Gasteiger partial charge in [0.15, 0.2) is 0 Å². The molecular weight excluding hydrogens is 160 g/mol. The number of hydrogen-bond donors (Lipinski definition) is 2. The van der Waals surface area contributed by atoms with Gasteiger partial charge in [-0.15, -0.1) is 13.2 Å². The standard InChI is InChI=1S/C9H14N2.C2H4/c1-11-7-6-8-2-4-9(10)5-3-8;1-2/h2-5,11H,6-7,10H2,1H3;1-2H2. The first-order valence-corrected chi connectivity index (χ1v) is 4.32. The highest BCUT2D eigenvalue weighted by molar-refractivity contribution is 5.39. The van der Waals surface area contributed by atoms with Gasteiger partial charge in [0.25, 0.3) is 0 Å². The van der Waals surface area contributed by atoms with Crippen molar-refractivity contribution < 1.29 is 0 Å². The highest BCUT2D eigenvalue weighted by atomic mass is 14.8. The highest BCUT2D eigenvalue weighted by Crippen LogP contribution is 2.04. The molecule has 2 nitrogen and oxygen atoms in total. The van der Waals surface area contributed by atoms with Gasteiger partial charge in [0.1, 0.15) is 0 Å². The van der Waals surface area contributed by atoms with Crippen LogP contribution in [0.4, 0.5) is 5.69 Å². The average Bonchev–Trinajstić information content (AvgIpc) is 2.20. The van der Waals surface area contributed by atoms with Crippen LogP contribution in [0.3, 0.4) is 0 Å². The fourth-order valence-electron chi connectivity index (χ4n) is 0.954. The number of rotatable bonds is 3. The first-order valence-electron chi connectivity index (χ1n) is 4.32. The van der Waals surface area contributed by atoms with Gasteiger partial charge in [-0.05, 0) is 37.7 Å². The summed E-state index contributed by atoms with van der Waals surface area (Å²) in [5, 5.41) is 3.10. The molecule has 0 heterocycles. The summed E-state index contributed by atoms with van der Waals surface area (Å²) in [4.78, 5) is 0. The Balaban J connectivity index is 0.000000671. The van der Waals surface area contributed by atoms with Crippen LogP contribution < -0.4 is 11.1 Å². The minimum absolute atomic E-state index is 0.832. The van der Waals surface area contributed by atoms with Crippen LogP contribution in [-0.2, 0) is 6.42 Å². The zero-order chi connectivity index (χ0) is 10.1. The molecule has 1 aromatic carbocycles. The summed E-state index contributed by atoms with van der Waals surface area (Å²) >= 11 is 0. The zero-order valence-electron chi connectivity index (χ0n) is 8.22. The number of benzene rings is 1. The van der Waals surface area contributed by atoms with Crippen molar-refractivity contribution in [2.45, 2.75) is 6.42 Å². The number of nitrogens with one attached hydrogen (secondary N) is 1. The van der Waals surface area contributed by atoms with E-state index in [1.54, 1.807) is 0 Å². The van der Waals surface area contributed by atoms with Crippen LogP contribution in [0.15, 0.2) is 37.4 Å². The molecule has 0 bridgehead atoms.